The van der Waals surface area contributed by atoms with Gasteiger partial charge in [0.15, 0.2) is 5.82 Å². The largest absolute Gasteiger partial charge is 0.416 e. The third kappa shape index (κ3) is 3.91. The van der Waals surface area contributed by atoms with Crippen LogP contribution in [0.4, 0.5) is 18.9 Å². The molecule has 1 unspecified atom stereocenters. The van der Waals surface area contributed by atoms with Crippen molar-refractivity contribution in [1.82, 2.24) is 24.5 Å². The van der Waals surface area contributed by atoms with Crippen LogP contribution in [0.15, 0.2) is 53.9 Å². The van der Waals surface area contributed by atoms with Crippen LogP contribution in [0, 0.1) is 0 Å². The van der Waals surface area contributed by atoms with E-state index in [1.165, 1.54) is 11.6 Å². The molecular weight excluding hydrogens is 449 g/mol. The molecule has 9 nitrogen and oxygen atoms in total. The maximum absolute atomic E-state index is 13.0. The zero-order valence-electron chi connectivity index (χ0n) is 16.7. The van der Waals surface area contributed by atoms with E-state index in [2.05, 4.69) is 19.9 Å². The SMILES string of the molecule is CC(O)c1ccc2cnn(C)c2c1NS(=O)(=O)c1cnn(-c2cc(C(F)(F)F)ccn2)c1. The van der Waals surface area contributed by atoms with Gasteiger partial charge in [-0.05, 0) is 19.1 Å². The second-order valence-corrected chi connectivity index (χ2v) is 8.72. The van der Waals surface area contributed by atoms with Crippen molar-refractivity contribution in [2.75, 3.05) is 4.72 Å². The van der Waals surface area contributed by atoms with Crippen molar-refractivity contribution >= 4 is 26.6 Å². The van der Waals surface area contributed by atoms with Gasteiger partial charge >= 0.3 is 6.18 Å². The number of sulfonamides is 1. The molecule has 32 heavy (non-hydrogen) atoms. The Hall–Kier alpha value is -3.45. The smallest absolute Gasteiger partial charge is 0.389 e. The standard InChI is InChI=1S/C19H17F3N6O3S/c1-11(29)15-4-3-12-8-24-27(2)18(12)17(15)26-32(30,31)14-9-25-28(10-14)16-7-13(5-6-23-16)19(20,21)22/h3-11,26,29H,1-2H3. The molecule has 3 heterocycles. The van der Waals surface area contributed by atoms with Gasteiger partial charge in [0.05, 0.1) is 41.5 Å². The van der Waals surface area contributed by atoms with Crippen LogP contribution in [0.2, 0.25) is 0 Å². The quantitative estimate of drug-likeness (QED) is 0.467. The highest BCUT2D eigenvalue weighted by atomic mass is 32.2. The Balaban J connectivity index is 1.74. The molecular formula is C19H17F3N6O3S. The van der Waals surface area contributed by atoms with E-state index < -0.39 is 27.9 Å². The number of aryl methyl sites for hydroxylation is 1. The summed E-state index contributed by atoms with van der Waals surface area (Å²) in [5.74, 6) is -0.195. The Bertz CT molecular complexity index is 1410. The first-order chi connectivity index (χ1) is 15.0. The van der Waals surface area contributed by atoms with Crippen LogP contribution in [0.1, 0.15) is 24.2 Å². The van der Waals surface area contributed by atoms with Crippen LogP contribution >= 0.6 is 0 Å². The van der Waals surface area contributed by atoms with Crippen molar-refractivity contribution in [3.05, 3.63) is 60.2 Å². The predicted molar refractivity (Wildman–Crippen MR) is 109 cm³/mol. The van der Waals surface area contributed by atoms with Crippen molar-refractivity contribution in [2.45, 2.75) is 24.1 Å². The highest BCUT2D eigenvalue weighted by Crippen LogP contribution is 2.33. The molecule has 168 valence electrons. The second kappa shape index (κ2) is 7.60. The molecule has 3 aromatic heterocycles. The highest BCUT2D eigenvalue weighted by molar-refractivity contribution is 7.92. The topological polar surface area (TPSA) is 115 Å². The van der Waals surface area contributed by atoms with E-state index in [1.54, 1.807) is 25.4 Å². The third-order valence-corrected chi connectivity index (χ3v) is 6.10. The van der Waals surface area contributed by atoms with E-state index in [4.69, 9.17) is 0 Å². The number of halogens is 3. The van der Waals surface area contributed by atoms with Crippen LogP contribution in [-0.4, -0.2) is 38.1 Å². The number of aliphatic hydroxyl groups excluding tert-OH is 1. The van der Waals surface area contributed by atoms with E-state index in [-0.39, 0.29) is 16.4 Å². The van der Waals surface area contributed by atoms with E-state index in [1.807, 2.05) is 0 Å². The molecule has 0 saturated heterocycles. The molecule has 4 rings (SSSR count). The number of hydrogen-bond acceptors (Lipinski definition) is 6. The fraction of sp³-hybridized carbons (Fsp3) is 0.211. The van der Waals surface area contributed by atoms with Crippen molar-refractivity contribution in [3.8, 4) is 5.82 Å². The monoisotopic (exact) mass is 466 g/mol. The lowest BCUT2D eigenvalue weighted by Crippen LogP contribution is -2.15. The summed E-state index contributed by atoms with van der Waals surface area (Å²) in [4.78, 5) is 3.53. The second-order valence-electron chi connectivity index (χ2n) is 7.04. The van der Waals surface area contributed by atoms with Crippen molar-refractivity contribution in [1.29, 1.82) is 0 Å². The lowest BCUT2D eigenvalue weighted by atomic mass is 10.1. The number of pyridine rings is 1. The predicted octanol–water partition coefficient (Wildman–Crippen LogP) is 3.03. The first-order valence-electron chi connectivity index (χ1n) is 9.21. The summed E-state index contributed by atoms with van der Waals surface area (Å²) in [7, 11) is -2.59. The molecule has 0 aliphatic heterocycles. The van der Waals surface area contributed by atoms with Gasteiger partial charge in [0.25, 0.3) is 10.0 Å². The van der Waals surface area contributed by atoms with Gasteiger partial charge in [0, 0.05) is 24.2 Å². The molecule has 0 radical (unpaired) electrons. The van der Waals surface area contributed by atoms with Crippen molar-refractivity contribution < 1.29 is 26.7 Å². The summed E-state index contributed by atoms with van der Waals surface area (Å²) in [6.07, 6.45) is -1.00. The van der Waals surface area contributed by atoms with Gasteiger partial charge in [-0.15, -0.1) is 0 Å². The maximum Gasteiger partial charge on any atom is 0.416 e. The molecule has 0 fully saturated rings. The number of alkyl halides is 3. The molecule has 2 N–H and O–H groups in total. The zero-order valence-corrected chi connectivity index (χ0v) is 17.6. The number of nitrogens with one attached hydrogen (secondary N) is 1. The number of aromatic nitrogens is 5. The molecule has 0 aliphatic carbocycles. The Morgan fingerprint density at radius 1 is 1.16 bits per heavy atom. The Morgan fingerprint density at radius 2 is 1.91 bits per heavy atom. The number of anilines is 1. The fourth-order valence-electron chi connectivity index (χ4n) is 3.22. The number of fused-ring (bicyclic) bond motifs is 1. The average molecular weight is 466 g/mol. The van der Waals surface area contributed by atoms with Gasteiger partial charge in [-0.1, -0.05) is 12.1 Å². The van der Waals surface area contributed by atoms with Crippen LogP contribution in [0.3, 0.4) is 0 Å². The van der Waals surface area contributed by atoms with Crippen LogP contribution in [0.25, 0.3) is 16.7 Å². The van der Waals surface area contributed by atoms with Gasteiger partial charge in [-0.3, -0.25) is 9.40 Å². The minimum atomic E-state index is -4.58. The molecule has 0 aliphatic rings. The van der Waals surface area contributed by atoms with E-state index >= 15 is 0 Å². The first kappa shape index (κ1) is 21.8. The molecule has 0 bridgehead atoms. The lowest BCUT2D eigenvalue weighted by Gasteiger charge is -2.15. The summed E-state index contributed by atoms with van der Waals surface area (Å²) in [5.41, 5.74) is -0.0111. The van der Waals surface area contributed by atoms with Crippen LogP contribution in [0.5, 0.6) is 0 Å². The van der Waals surface area contributed by atoms with Gasteiger partial charge in [0.1, 0.15) is 4.90 Å². The van der Waals surface area contributed by atoms with E-state index in [0.29, 0.717) is 16.5 Å². The summed E-state index contributed by atoms with van der Waals surface area (Å²) in [6.45, 7) is 1.49. The number of aliphatic hydroxyl groups is 1. The number of nitrogens with zero attached hydrogens (tertiary/aromatic N) is 5. The Kier molecular flexibility index (Phi) is 5.17. The molecule has 0 saturated carbocycles. The van der Waals surface area contributed by atoms with Crippen molar-refractivity contribution in [3.63, 3.8) is 0 Å². The van der Waals surface area contributed by atoms with Crippen LogP contribution < -0.4 is 4.72 Å². The number of benzene rings is 1. The molecule has 0 amide bonds. The van der Waals surface area contributed by atoms with Gasteiger partial charge in [-0.2, -0.15) is 23.4 Å². The summed E-state index contributed by atoms with van der Waals surface area (Å²) in [6, 6.07) is 4.86. The Morgan fingerprint density at radius 3 is 2.59 bits per heavy atom. The van der Waals surface area contributed by atoms with E-state index in [0.717, 1.165) is 35.4 Å². The molecule has 4 aromatic rings. The first-order valence-corrected chi connectivity index (χ1v) is 10.7. The number of hydrogen-bond donors (Lipinski definition) is 2. The molecule has 1 aromatic carbocycles. The van der Waals surface area contributed by atoms with Crippen LogP contribution in [-0.2, 0) is 23.2 Å². The summed E-state index contributed by atoms with van der Waals surface area (Å²) < 4.78 is 69.8. The Labute approximate surface area is 180 Å². The van der Waals surface area contributed by atoms with Crippen molar-refractivity contribution in [2.24, 2.45) is 7.05 Å². The highest BCUT2D eigenvalue weighted by Gasteiger charge is 2.31. The lowest BCUT2D eigenvalue weighted by molar-refractivity contribution is -0.137. The normalized spacial score (nSPS) is 13.4. The van der Waals surface area contributed by atoms with E-state index in [9.17, 15) is 26.7 Å². The summed E-state index contributed by atoms with van der Waals surface area (Å²) >= 11 is 0. The zero-order chi connectivity index (χ0) is 23.3. The maximum atomic E-state index is 13.0. The fourth-order valence-corrected chi connectivity index (χ4v) is 4.25. The molecule has 13 heteroatoms. The van der Waals surface area contributed by atoms with Gasteiger partial charge in [0.2, 0.25) is 0 Å². The number of rotatable bonds is 5. The minimum Gasteiger partial charge on any atom is -0.389 e. The minimum absolute atomic E-state index is 0.141. The van der Waals surface area contributed by atoms with Gasteiger partial charge < -0.3 is 5.11 Å². The van der Waals surface area contributed by atoms with Gasteiger partial charge in [-0.25, -0.2) is 18.1 Å². The molecule has 1 atom stereocenters. The summed E-state index contributed by atoms with van der Waals surface area (Å²) in [5, 5.41) is 18.7. The molecule has 0 spiro atoms. The third-order valence-electron chi connectivity index (χ3n) is 4.80. The average Bonchev–Trinajstić information content (AvgIpc) is 3.35.